The third-order valence-corrected chi connectivity index (χ3v) is 4.26. The highest BCUT2D eigenvalue weighted by atomic mass is 16.3. The number of nitrogens with zero attached hydrogens (tertiary/aromatic N) is 3. The molecule has 7 nitrogen and oxygen atoms in total. The number of anilines is 1. The molecule has 0 aromatic carbocycles. The van der Waals surface area contributed by atoms with Crippen molar-refractivity contribution < 1.29 is 4.76 Å². The number of fused-ring (bicyclic) bond motifs is 1. The molecule has 19 heavy (non-hydrogen) atoms. The average Bonchev–Trinajstić information content (AvgIpc) is 2.69. The van der Waals surface area contributed by atoms with Crippen LogP contribution >= 0.6 is 0 Å². The van der Waals surface area contributed by atoms with Crippen LogP contribution in [0.1, 0.15) is 32.1 Å². The summed E-state index contributed by atoms with van der Waals surface area (Å²) >= 11 is 0. The van der Waals surface area contributed by atoms with Crippen LogP contribution in [0.15, 0.2) is 9.59 Å². The molecule has 0 bridgehead atoms. The van der Waals surface area contributed by atoms with E-state index in [1.54, 1.807) is 7.05 Å². The van der Waals surface area contributed by atoms with Gasteiger partial charge in [0.05, 0.1) is 4.76 Å². The Labute approximate surface area is 109 Å². The maximum Gasteiger partial charge on any atom is 0.364 e. The van der Waals surface area contributed by atoms with Crippen molar-refractivity contribution in [2.75, 3.05) is 5.32 Å². The summed E-state index contributed by atoms with van der Waals surface area (Å²) in [6, 6.07) is 0. The lowest BCUT2D eigenvalue weighted by Crippen LogP contribution is -2.44. The van der Waals surface area contributed by atoms with Crippen LogP contribution in [-0.4, -0.2) is 19.6 Å². The molecule has 1 N–H and O–H groups in total. The second-order valence-electron chi connectivity index (χ2n) is 5.41. The fourth-order valence-electron chi connectivity index (χ4n) is 3.10. The number of nitrogens with one attached hydrogen (secondary N) is 1. The van der Waals surface area contributed by atoms with Crippen molar-refractivity contribution in [3.8, 4) is 0 Å². The second kappa shape index (κ2) is 3.79. The van der Waals surface area contributed by atoms with Gasteiger partial charge in [-0.1, -0.05) is 6.42 Å². The number of aromatic nitrogens is 2. The summed E-state index contributed by atoms with van der Waals surface area (Å²) in [7, 11) is 2.97. The van der Waals surface area contributed by atoms with E-state index in [0.29, 0.717) is 18.7 Å². The van der Waals surface area contributed by atoms with E-state index in [1.807, 2.05) is 0 Å². The van der Waals surface area contributed by atoms with Gasteiger partial charge in [-0.15, -0.1) is 0 Å². The summed E-state index contributed by atoms with van der Waals surface area (Å²) in [5.74, 6) is 0.352. The number of hydrogen-bond acceptors (Lipinski definition) is 4. The minimum absolute atomic E-state index is 0.0616. The first-order valence-corrected chi connectivity index (χ1v) is 6.53. The largest absolute Gasteiger partial charge is 0.364 e. The van der Waals surface area contributed by atoms with Gasteiger partial charge in [-0.05, 0) is 12.8 Å². The van der Waals surface area contributed by atoms with Crippen LogP contribution in [-0.2, 0) is 14.1 Å². The van der Waals surface area contributed by atoms with Crippen LogP contribution in [0.3, 0.4) is 0 Å². The Hall–Kier alpha value is -1.92. The Morgan fingerprint density at radius 2 is 1.74 bits per heavy atom. The van der Waals surface area contributed by atoms with E-state index in [2.05, 4.69) is 5.32 Å². The zero-order chi connectivity index (χ0) is 13.8. The predicted molar refractivity (Wildman–Crippen MR) is 69.7 cm³/mol. The van der Waals surface area contributed by atoms with Crippen LogP contribution in [0.2, 0.25) is 0 Å². The minimum Gasteiger partial charge on any atom is -0.302 e. The van der Waals surface area contributed by atoms with Crippen molar-refractivity contribution in [2.45, 2.75) is 37.8 Å². The Balaban J connectivity index is 2.24. The summed E-state index contributed by atoms with van der Waals surface area (Å²) in [5.41, 5.74) is -1.62. The van der Waals surface area contributed by atoms with Crippen LogP contribution in [0.4, 0.5) is 11.5 Å². The predicted octanol–water partition coefficient (Wildman–Crippen LogP) is 0.580. The first kappa shape index (κ1) is 12.1. The molecule has 7 heteroatoms. The van der Waals surface area contributed by atoms with Gasteiger partial charge in [0.25, 0.3) is 5.66 Å². The maximum atomic E-state index is 12.5. The van der Waals surface area contributed by atoms with Crippen LogP contribution in [0, 0.1) is 4.91 Å². The smallest absolute Gasteiger partial charge is 0.302 e. The normalized spacial score (nSPS) is 20.4. The Bertz CT molecular complexity index is 679. The van der Waals surface area contributed by atoms with Crippen LogP contribution in [0.5, 0.6) is 0 Å². The highest BCUT2D eigenvalue weighted by Gasteiger charge is 2.57. The molecule has 1 saturated carbocycles. The highest BCUT2D eigenvalue weighted by Crippen LogP contribution is 2.42. The molecular formula is C12H17N4O3+. The molecule has 1 spiro atoms. The van der Waals surface area contributed by atoms with Gasteiger partial charge in [0.1, 0.15) is 0 Å². The summed E-state index contributed by atoms with van der Waals surface area (Å²) in [6.07, 6.45) is 4.40. The van der Waals surface area contributed by atoms with Crippen molar-refractivity contribution >= 4 is 11.5 Å². The molecule has 1 aliphatic carbocycles. The summed E-state index contributed by atoms with van der Waals surface area (Å²) in [5, 5.41) is 3.14. The minimum atomic E-state index is -0.738. The monoisotopic (exact) mass is 265 g/mol. The van der Waals surface area contributed by atoms with Crippen LogP contribution < -0.4 is 16.6 Å². The molecule has 0 amide bonds. The highest BCUT2D eigenvalue weighted by molar-refractivity contribution is 5.59. The Morgan fingerprint density at radius 1 is 1.11 bits per heavy atom. The van der Waals surface area contributed by atoms with Crippen molar-refractivity contribution in [1.82, 2.24) is 9.13 Å². The Kier molecular flexibility index (Phi) is 2.42. The summed E-state index contributed by atoms with van der Waals surface area (Å²) in [6.45, 7) is 0. The summed E-state index contributed by atoms with van der Waals surface area (Å²) in [4.78, 5) is 36.6. The zero-order valence-corrected chi connectivity index (χ0v) is 11.1. The number of hydrogen-bond donors (Lipinski definition) is 1. The van der Waals surface area contributed by atoms with E-state index in [9.17, 15) is 14.5 Å². The fraction of sp³-hybridized carbons (Fsp3) is 0.667. The quantitative estimate of drug-likeness (QED) is 0.696. The van der Waals surface area contributed by atoms with Crippen molar-refractivity contribution in [3.05, 3.63) is 25.7 Å². The molecule has 1 aromatic rings. The van der Waals surface area contributed by atoms with Crippen molar-refractivity contribution in [3.63, 3.8) is 0 Å². The van der Waals surface area contributed by atoms with E-state index in [1.165, 1.54) is 11.6 Å². The molecular weight excluding hydrogens is 248 g/mol. The van der Waals surface area contributed by atoms with Crippen molar-refractivity contribution in [2.24, 2.45) is 14.1 Å². The van der Waals surface area contributed by atoms with Gasteiger partial charge in [0.2, 0.25) is 0 Å². The van der Waals surface area contributed by atoms with Gasteiger partial charge in [-0.25, -0.2) is 4.79 Å². The lowest BCUT2D eigenvalue weighted by atomic mass is 9.89. The molecule has 2 aliphatic rings. The molecule has 0 saturated heterocycles. The molecule has 102 valence electrons. The molecule has 0 unspecified atom stereocenters. The number of nitroso groups, excluding NO2 is 1. The first-order valence-electron chi connectivity index (χ1n) is 6.53. The van der Waals surface area contributed by atoms with E-state index in [4.69, 9.17) is 0 Å². The Morgan fingerprint density at radius 3 is 2.37 bits per heavy atom. The third kappa shape index (κ3) is 1.44. The summed E-state index contributed by atoms with van der Waals surface area (Å²) < 4.78 is 3.11. The van der Waals surface area contributed by atoms with Gasteiger partial charge in [-0.2, -0.15) is 0 Å². The molecule has 2 heterocycles. The van der Waals surface area contributed by atoms with Gasteiger partial charge in [0, 0.05) is 31.8 Å². The lowest BCUT2D eigenvalue weighted by molar-refractivity contribution is -0.543. The molecule has 0 atom stereocenters. The molecule has 1 aliphatic heterocycles. The number of rotatable bonds is 0. The van der Waals surface area contributed by atoms with E-state index in [0.717, 1.165) is 28.6 Å². The molecule has 1 fully saturated rings. The SMILES string of the molecule is Cn1c2c(c(=O)n(C)c1=O)[N+](=O)C1(CCCCC1)N2. The van der Waals surface area contributed by atoms with Gasteiger partial charge >= 0.3 is 16.9 Å². The molecule has 3 rings (SSSR count). The zero-order valence-electron chi connectivity index (χ0n) is 11.1. The van der Waals surface area contributed by atoms with E-state index in [-0.39, 0.29) is 5.69 Å². The average molecular weight is 265 g/mol. The lowest BCUT2D eigenvalue weighted by Gasteiger charge is -2.24. The van der Waals surface area contributed by atoms with Gasteiger partial charge in [-0.3, -0.25) is 13.9 Å². The fourth-order valence-corrected chi connectivity index (χ4v) is 3.10. The second-order valence-corrected chi connectivity index (χ2v) is 5.41. The topological polar surface area (TPSA) is 76.1 Å². The van der Waals surface area contributed by atoms with Gasteiger partial charge in [0.15, 0.2) is 5.82 Å². The maximum absolute atomic E-state index is 12.5. The van der Waals surface area contributed by atoms with Crippen LogP contribution in [0.25, 0.3) is 0 Å². The van der Waals surface area contributed by atoms with E-state index < -0.39 is 16.9 Å². The molecule has 0 radical (unpaired) electrons. The standard InChI is InChI=1S/C12H16N4O3/c1-14-9-8(10(17)15(2)11(14)18)16(19)12(13-9)6-4-3-5-7-12/h3-7H2,1-2H3/p+1. The van der Waals surface area contributed by atoms with Crippen molar-refractivity contribution in [1.29, 1.82) is 0 Å². The molecule has 1 aromatic heterocycles. The van der Waals surface area contributed by atoms with Gasteiger partial charge < -0.3 is 5.32 Å². The van der Waals surface area contributed by atoms with E-state index >= 15 is 0 Å². The third-order valence-electron chi connectivity index (χ3n) is 4.26. The first-order chi connectivity index (χ1) is 8.98.